The summed E-state index contributed by atoms with van der Waals surface area (Å²) in [5.74, 6) is 0. The zero-order valence-corrected chi connectivity index (χ0v) is 14.5. The zero-order valence-electron chi connectivity index (χ0n) is 13.7. The van der Waals surface area contributed by atoms with E-state index in [1.165, 1.54) is 11.6 Å². The maximum atomic E-state index is 12.7. The smallest absolute Gasteiger partial charge is 0.356 e. The second-order valence-electron chi connectivity index (χ2n) is 5.76. The Bertz CT molecular complexity index is 741. The molecule has 2 rings (SSSR count). The van der Waals surface area contributed by atoms with E-state index in [4.69, 9.17) is 12.2 Å². The van der Waals surface area contributed by atoms with Crippen LogP contribution < -0.4 is 10.6 Å². The number of anilines is 1. The molecule has 24 heavy (non-hydrogen) atoms. The fourth-order valence-corrected chi connectivity index (χ4v) is 2.82. The van der Waals surface area contributed by atoms with Crippen LogP contribution in [0.2, 0.25) is 0 Å². The summed E-state index contributed by atoms with van der Waals surface area (Å²) >= 11 is 5.21. The lowest BCUT2D eigenvalue weighted by Gasteiger charge is -2.20. The van der Waals surface area contributed by atoms with E-state index in [1.807, 2.05) is 32.9 Å². The van der Waals surface area contributed by atoms with E-state index in [0.717, 1.165) is 23.3 Å². The Hall–Kier alpha value is -2.08. The second-order valence-corrected chi connectivity index (χ2v) is 6.17. The van der Waals surface area contributed by atoms with E-state index in [-0.39, 0.29) is 11.2 Å². The molecule has 0 saturated heterocycles. The zero-order chi connectivity index (χ0) is 17.9. The molecule has 0 aromatic heterocycles. The molecule has 128 valence electrons. The van der Waals surface area contributed by atoms with Gasteiger partial charge < -0.3 is 10.6 Å². The minimum Gasteiger partial charge on any atom is -0.356 e. The number of nitrogens with one attached hydrogen (secondary N) is 2. The molecular formula is C18H19F3N2S. The number of thiocarbonyl (C=S) groups is 1. The summed E-state index contributed by atoms with van der Waals surface area (Å²) in [7, 11) is 0. The van der Waals surface area contributed by atoms with Crippen molar-refractivity contribution in [3.63, 3.8) is 0 Å². The molecule has 0 unspecified atom stereocenters. The third-order valence-electron chi connectivity index (χ3n) is 3.69. The topological polar surface area (TPSA) is 24.1 Å². The Labute approximate surface area is 145 Å². The van der Waals surface area contributed by atoms with E-state index in [1.54, 1.807) is 6.07 Å². The summed E-state index contributed by atoms with van der Waals surface area (Å²) in [4.78, 5) is 0. The standard InChI is InChI=1S/C18H19F3N2S/c1-11-7-8-16(12(2)9-11)13(3)22-17(24)23-15-6-4-5-14(10-15)18(19,20)21/h4-10,13H,1-3H3,(H2,22,23,24)/t13-/m1/s1. The molecule has 0 saturated carbocycles. The summed E-state index contributed by atoms with van der Waals surface area (Å²) < 4.78 is 38.2. The summed E-state index contributed by atoms with van der Waals surface area (Å²) in [5, 5.41) is 6.19. The van der Waals surface area contributed by atoms with Crippen molar-refractivity contribution in [3.05, 3.63) is 64.7 Å². The van der Waals surface area contributed by atoms with E-state index in [0.29, 0.717) is 5.69 Å². The van der Waals surface area contributed by atoms with Crippen molar-refractivity contribution in [2.75, 3.05) is 5.32 Å². The van der Waals surface area contributed by atoms with Crippen LogP contribution in [0.15, 0.2) is 42.5 Å². The summed E-state index contributed by atoms with van der Waals surface area (Å²) in [6, 6.07) is 11.0. The molecule has 0 fully saturated rings. The van der Waals surface area contributed by atoms with Crippen molar-refractivity contribution in [2.24, 2.45) is 0 Å². The maximum Gasteiger partial charge on any atom is 0.416 e. The molecule has 2 aromatic carbocycles. The Morgan fingerprint density at radius 1 is 1.08 bits per heavy atom. The molecule has 2 N–H and O–H groups in total. The van der Waals surface area contributed by atoms with Crippen molar-refractivity contribution < 1.29 is 13.2 Å². The van der Waals surface area contributed by atoms with Crippen molar-refractivity contribution in [2.45, 2.75) is 33.0 Å². The van der Waals surface area contributed by atoms with Crippen LogP contribution in [0.5, 0.6) is 0 Å². The lowest BCUT2D eigenvalue weighted by molar-refractivity contribution is -0.137. The second kappa shape index (κ2) is 7.21. The maximum absolute atomic E-state index is 12.7. The molecule has 0 amide bonds. The first-order valence-electron chi connectivity index (χ1n) is 7.49. The summed E-state index contributed by atoms with van der Waals surface area (Å²) in [5.41, 5.74) is 2.99. The van der Waals surface area contributed by atoms with E-state index >= 15 is 0 Å². The van der Waals surface area contributed by atoms with Crippen LogP contribution in [0.3, 0.4) is 0 Å². The molecule has 0 spiro atoms. The fraction of sp³-hybridized carbons (Fsp3) is 0.278. The fourth-order valence-electron chi connectivity index (χ4n) is 2.53. The monoisotopic (exact) mass is 352 g/mol. The number of halogens is 3. The molecule has 2 aromatic rings. The largest absolute Gasteiger partial charge is 0.416 e. The number of hydrogen-bond donors (Lipinski definition) is 2. The normalized spacial score (nSPS) is 12.6. The molecule has 0 aliphatic heterocycles. The van der Waals surface area contributed by atoms with Gasteiger partial charge in [-0.1, -0.05) is 29.8 Å². The van der Waals surface area contributed by atoms with Crippen molar-refractivity contribution >= 4 is 23.0 Å². The first kappa shape index (κ1) is 18.3. The average molecular weight is 352 g/mol. The SMILES string of the molecule is Cc1ccc([C@@H](C)NC(=S)Nc2cccc(C(F)(F)F)c2)c(C)c1. The van der Waals surface area contributed by atoms with Crippen molar-refractivity contribution in [3.8, 4) is 0 Å². The van der Waals surface area contributed by atoms with Gasteiger partial charge in [0.05, 0.1) is 11.6 Å². The average Bonchev–Trinajstić information content (AvgIpc) is 2.46. The third-order valence-corrected chi connectivity index (χ3v) is 3.91. The molecule has 0 radical (unpaired) electrons. The van der Waals surface area contributed by atoms with E-state index in [9.17, 15) is 13.2 Å². The molecule has 2 nitrogen and oxygen atoms in total. The van der Waals surface area contributed by atoms with Gasteiger partial charge in [-0.05, 0) is 62.3 Å². The van der Waals surface area contributed by atoms with Crippen LogP contribution in [-0.4, -0.2) is 5.11 Å². The Balaban J connectivity index is 2.05. The highest BCUT2D eigenvalue weighted by molar-refractivity contribution is 7.80. The summed E-state index contributed by atoms with van der Waals surface area (Å²) in [6.07, 6.45) is -4.38. The summed E-state index contributed by atoms with van der Waals surface area (Å²) in [6.45, 7) is 6.00. The van der Waals surface area contributed by atoms with E-state index < -0.39 is 11.7 Å². The first-order valence-corrected chi connectivity index (χ1v) is 7.89. The molecule has 0 aliphatic rings. The van der Waals surface area contributed by atoms with E-state index in [2.05, 4.69) is 16.7 Å². The predicted octanol–water partition coefficient (Wildman–Crippen LogP) is 5.37. The van der Waals surface area contributed by atoms with Crippen LogP contribution in [0.25, 0.3) is 0 Å². The number of hydrogen-bond acceptors (Lipinski definition) is 1. The van der Waals surface area contributed by atoms with Gasteiger partial charge in [-0.2, -0.15) is 13.2 Å². The van der Waals surface area contributed by atoms with Crippen LogP contribution in [-0.2, 0) is 6.18 Å². The van der Waals surface area contributed by atoms with Gasteiger partial charge >= 0.3 is 6.18 Å². The van der Waals surface area contributed by atoms with Crippen LogP contribution >= 0.6 is 12.2 Å². The van der Waals surface area contributed by atoms with Gasteiger partial charge in [-0.15, -0.1) is 0 Å². The minimum absolute atomic E-state index is 0.0589. The number of rotatable bonds is 3. The van der Waals surface area contributed by atoms with Crippen LogP contribution in [0.4, 0.5) is 18.9 Å². The third kappa shape index (κ3) is 4.71. The molecule has 1 atom stereocenters. The van der Waals surface area contributed by atoms with Gasteiger partial charge in [-0.25, -0.2) is 0 Å². The van der Waals surface area contributed by atoms with Crippen molar-refractivity contribution in [1.82, 2.24) is 5.32 Å². The Kier molecular flexibility index (Phi) is 5.49. The highest BCUT2D eigenvalue weighted by Gasteiger charge is 2.30. The number of benzene rings is 2. The van der Waals surface area contributed by atoms with Gasteiger partial charge in [-0.3, -0.25) is 0 Å². The van der Waals surface area contributed by atoms with Crippen molar-refractivity contribution in [1.29, 1.82) is 0 Å². The van der Waals surface area contributed by atoms with Gasteiger partial charge in [0.15, 0.2) is 5.11 Å². The van der Waals surface area contributed by atoms with Gasteiger partial charge in [0.2, 0.25) is 0 Å². The molecule has 6 heteroatoms. The highest BCUT2D eigenvalue weighted by atomic mass is 32.1. The Morgan fingerprint density at radius 2 is 1.79 bits per heavy atom. The quantitative estimate of drug-likeness (QED) is 0.726. The van der Waals surface area contributed by atoms with Gasteiger partial charge in [0.1, 0.15) is 0 Å². The van der Waals surface area contributed by atoms with Gasteiger partial charge in [0, 0.05) is 5.69 Å². The van der Waals surface area contributed by atoms with Gasteiger partial charge in [0.25, 0.3) is 0 Å². The van der Waals surface area contributed by atoms with Crippen LogP contribution in [0, 0.1) is 13.8 Å². The number of alkyl halides is 3. The molecule has 0 bridgehead atoms. The lowest BCUT2D eigenvalue weighted by Crippen LogP contribution is -2.31. The Morgan fingerprint density at radius 3 is 2.42 bits per heavy atom. The lowest BCUT2D eigenvalue weighted by atomic mass is 10.0. The first-order chi connectivity index (χ1) is 11.2. The number of aryl methyl sites for hydroxylation is 2. The minimum atomic E-state index is -4.38. The molecular weight excluding hydrogens is 333 g/mol. The highest BCUT2D eigenvalue weighted by Crippen LogP contribution is 2.30. The van der Waals surface area contributed by atoms with Crippen LogP contribution in [0.1, 0.15) is 35.2 Å². The predicted molar refractivity (Wildman–Crippen MR) is 95.1 cm³/mol. The molecule has 0 aliphatic carbocycles. The molecule has 0 heterocycles.